The smallest absolute Gasteiger partial charge is 0.225 e. The number of benzene rings is 1. The lowest BCUT2D eigenvalue weighted by Gasteiger charge is -2.36. The summed E-state index contributed by atoms with van der Waals surface area (Å²) in [6.45, 7) is 8.15. The van der Waals surface area contributed by atoms with E-state index in [2.05, 4.69) is 32.0 Å². The van der Waals surface area contributed by atoms with Crippen LogP contribution in [0.25, 0.3) is 0 Å². The van der Waals surface area contributed by atoms with Gasteiger partial charge in [0.15, 0.2) is 17.5 Å². The second-order valence-electron chi connectivity index (χ2n) is 7.11. The van der Waals surface area contributed by atoms with Crippen LogP contribution in [0.4, 0.5) is 5.95 Å². The van der Waals surface area contributed by atoms with E-state index in [0.29, 0.717) is 30.5 Å². The van der Waals surface area contributed by atoms with Crippen LogP contribution in [0.5, 0.6) is 11.5 Å². The van der Waals surface area contributed by atoms with Crippen molar-refractivity contribution in [2.45, 2.75) is 13.3 Å². The number of anilines is 1. The van der Waals surface area contributed by atoms with Gasteiger partial charge < -0.3 is 24.6 Å². The fourth-order valence-corrected chi connectivity index (χ4v) is 3.89. The summed E-state index contributed by atoms with van der Waals surface area (Å²) in [5.74, 6) is 3.09. The monoisotopic (exact) mass is 430 g/mol. The van der Waals surface area contributed by atoms with Crippen molar-refractivity contribution in [3.05, 3.63) is 41.2 Å². The van der Waals surface area contributed by atoms with Gasteiger partial charge in [-0.05, 0) is 37.1 Å². The highest BCUT2D eigenvalue weighted by molar-refractivity contribution is 6.32. The molecule has 3 heterocycles. The Morgan fingerprint density at radius 1 is 1.13 bits per heavy atom. The van der Waals surface area contributed by atoms with E-state index >= 15 is 0 Å². The zero-order valence-electron chi connectivity index (χ0n) is 17.2. The van der Waals surface area contributed by atoms with E-state index < -0.39 is 0 Å². The first kappa shape index (κ1) is 20.5. The van der Waals surface area contributed by atoms with Gasteiger partial charge in [0.05, 0.1) is 5.02 Å². The van der Waals surface area contributed by atoms with E-state index in [0.717, 1.165) is 62.4 Å². The number of piperazine rings is 1. The van der Waals surface area contributed by atoms with E-state index in [4.69, 9.17) is 26.1 Å². The molecule has 0 amide bonds. The summed E-state index contributed by atoms with van der Waals surface area (Å²) in [6, 6.07) is 5.78. The lowest BCUT2D eigenvalue weighted by atomic mass is 10.1. The Bertz CT molecular complexity index is 871. The molecule has 0 aliphatic carbocycles. The van der Waals surface area contributed by atoms with Gasteiger partial charge in [0.1, 0.15) is 13.2 Å². The van der Waals surface area contributed by atoms with Gasteiger partial charge in [0.25, 0.3) is 0 Å². The van der Waals surface area contributed by atoms with Crippen molar-refractivity contribution in [1.82, 2.24) is 20.2 Å². The number of nitrogens with one attached hydrogen (secondary N) is 1. The molecule has 1 aromatic heterocycles. The van der Waals surface area contributed by atoms with E-state index in [1.807, 2.05) is 18.2 Å². The van der Waals surface area contributed by atoms with Crippen molar-refractivity contribution in [2.75, 3.05) is 57.4 Å². The lowest BCUT2D eigenvalue weighted by molar-refractivity contribution is 0.171. The van der Waals surface area contributed by atoms with Gasteiger partial charge in [-0.15, -0.1) is 0 Å². The van der Waals surface area contributed by atoms with Gasteiger partial charge in [-0.2, -0.15) is 0 Å². The Hall–Kier alpha value is -2.74. The van der Waals surface area contributed by atoms with E-state index in [-0.39, 0.29) is 0 Å². The fraction of sp³-hybridized carbons (Fsp3) is 0.476. The van der Waals surface area contributed by atoms with Crippen molar-refractivity contribution in [2.24, 2.45) is 4.99 Å². The summed E-state index contributed by atoms with van der Waals surface area (Å²) >= 11 is 6.35. The molecular weight excluding hydrogens is 404 g/mol. The third-order valence-electron chi connectivity index (χ3n) is 5.07. The Labute approximate surface area is 181 Å². The van der Waals surface area contributed by atoms with Crippen LogP contribution in [0.3, 0.4) is 0 Å². The summed E-state index contributed by atoms with van der Waals surface area (Å²) in [5.41, 5.74) is 1.09. The molecule has 9 heteroatoms. The summed E-state index contributed by atoms with van der Waals surface area (Å²) in [4.78, 5) is 18.0. The molecule has 0 atom stereocenters. The molecule has 2 aliphatic heterocycles. The maximum atomic E-state index is 6.35. The molecule has 160 valence electrons. The predicted molar refractivity (Wildman–Crippen MR) is 118 cm³/mol. The number of aromatic nitrogens is 2. The number of rotatable bonds is 5. The van der Waals surface area contributed by atoms with Crippen molar-refractivity contribution in [1.29, 1.82) is 0 Å². The third-order valence-corrected chi connectivity index (χ3v) is 5.35. The minimum atomic E-state index is 0.534. The van der Waals surface area contributed by atoms with Crippen LogP contribution in [-0.4, -0.2) is 73.3 Å². The third kappa shape index (κ3) is 4.87. The molecule has 0 saturated carbocycles. The minimum Gasteiger partial charge on any atom is -0.486 e. The quantitative estimate of drug-likeness (QED) is 0.575. The summed E-state index contributed by atoms with van der Waals surface area (Å²) < 4.78 is 11.3. The number of halogens is 1. The number of nitrogens with zero attached hydrogens (tertiary/aromatic N) is 5. The Kier molecular flexibility index (Phi) is 6.74. The van der Waals surface area contributed by atoms with Gasteiger partial charge in [0, 0.05) is 51.7 Å². The van der Waals surface area contributed by atoms with Crippen LogP contribution in [-0.2, 0) is 6.42 Å². The zero-order valence-corrected chi connectivity index (χ0v) is 17.9. The standard InChI is InChI=1S/C21H27ClN6O2/c1-2-23-20(27-8-10-28(11-9-27)21-24-5-3-6-25-21)26-7-4-16-14-17(22)19-18(15-16)29-12-13-30-19/h3,5-6,14-15H,2,4,7-13H2,1H3,(H,23,26). The Balaban J connectivity index is 1.36. The molecular formula is C21H27ClN6O2. The van der Waals surface area contributed by atoms with Crippen molar-refractivity contribution < 1.29 is 9.47 Å². The molecule has 1 fully saturated rings. The van der Waals surface area contributed by atoms with E-state index in [9.17, 15) is 0 Å². The van der Waals surface area contributed by atoms with Gasteiger partial charge in [0.2, 0.25) is 5.95 Å². The number of guanidine groups is 1. The molecule has 0 spiro atoms. The summed E-state index contributed by atoms with van der Waals surface area (Å²) in [6.07, 6.45) is 4.35. The number of fused-ring (bicyclic) bond motifs is 1. The maximum Gasteiger partial charge on any atom is 0.225 e. The van der Waals surface area contributed by atoms with Crippen LogP contribution >= 0.6 is 11.6 Å². The molecule has 1 N–H and O–H groups in total. The zero-order chi connectivity index (χ0) is 20.8. The average molecular weight is 431 g/mol. The Morgan fingerprint density at radius 3 is 2.67 bits per heavy atom. The topological polar surface area (TPSA) is 75.1 Å². The first-order valence-corrected chi connectivity index (χ1v) is 10.8. The molecule has 2 aliphatic rings. The van der Waals surface area contributed by atoms with Gasteiger partial charge in [-0.1, -0.05) is 11.6 Å². The molecule has 1 saturated heterocycles. The van der Waals surface area contributed by atoms with Crippen LogP contribution < -0.4 is 19.7 Å². The van der Waals surface area contributed by atoms with Crippen LogP contribution in [0.15, 0.2) is 35.6 Å². The van der Waals surface area contributed by atoms with Crippen LogP contribution in [0, 0.1) is 0 Å². The maximum absolute atomic E-state index is 6.35. The first-order chi connectivity index (χ1) is 14.7. The predicted octanol–water partition coefficient (Wildman–Crippen LogP) is 2.23. The molecule has 0 bridgehead atoms. The van der Waals surface area contributed by atoms with E-state index in [1.54, 1.807) is 12.4 Å². The second kappa shape index (κ2) is 9.84. The van der Waals surface area contributed by atoms with Crippen molar-refractivity contribution in [3.63, 3.8) is 0 Å². The second-order valence-corrected chi connectivity index (χ2v) is 7.52. The molecule has 0 radical (unpaired) electrons. The first-order valence-electron chi connectivity index (χ1n) is 10.4. The average Bonchev–Trinajstić information content (AvgIpc) is 2.79. The number of aliphatic imine (C=N–C) groups is 1. The van der Waals surface area contributed by atoms with Crippen molar-refractivity contribution in [3.8, 4) is 11.5 Å². The van der Waals surface area contributed by atoms with Gasteiger partial charge in [-0.25, -0.2) is 9.97 Å². The molecule has 4 rings (SSSR count). The highest BCUT2D eigenvalue weighted by atomic mass is 35.5. The number of ether oxygens (including phenoxy) is 2. The highest BCUT2D eigenvalue weighted by Crippen LogP contribution is 2.38. The molecule has 1 aromatic carbocycles. The van der Waals surface area contributed by atoms with Crippen LogP contribution in [0.2, 0.25) is 5.02 Å². The molecule has 30 heavy (non-hydrogen) atoms. The minimum absolute atomic E-state index is 0.534. The lowest BCUT2D eigenvalue weighted by Crippen LogP contribution is -2.53. The largest absolute Gasteiger partial charge is 0.486 e. The SMILES string of the molecule is CCNC(=NCCc1cc(Cl)c2c(c1)OCCO2)N1CCN(c2ncccn2)CC1. The number of hydrogen-bond acceptors (Lipinski definition) is 6. The molecule has 0 unspecified atom stereocenters. The van der Waals surface area contributed by atoms with Crippen molar-refractivity contribution >= 4 is 23.5 Å². The van der Waals surface area contributed by atoms with Crippen LogP contribution in [0.1, 0.15) is 12.5 Å². The Morgan fingerprint density at radius 2 is 1.90 bits per heavy atom. The normalized spacial score (nSPS) is 16.5. The van der Waals surface area contributed by atoms with E-state index in [1.165, 1.54) is 0 Å². The number of hydrogen-bond donors (Lipinski definition) is 1. The van der Waals surface area contributed by atoms with Gasteiger partial charge >= 0.3 is 0 Å². The molecule has 2 aromatic rings. The highest BCUT2D eigenvalue weighted by Gasteiger charge is 2.21. The fourth-order valence-electron chi connectivity index (χ4n) is 3.60. The molecule has 8 nitrogen and oxygen atoms in total. The summed E-state index contributed by atoms with van der Waals surface area (Å²) in [5, 5.41) is 4.00. The van der Waals surface area contributed by atoms with Gasteiger partial charge in [-0.3, -0.25) is 4.99 Å². The summed E-state index contributed by atoms with van der Waals surface area (Å²) in [7, 11) is 0.